The van der Waals surface area contributed by atoms with E-state index in [0.29, 0.717) is 31.1 Å². The lowest BCUT2D eigenvalue weighted by Crippen LogP contribution is -2.55. The van der Waals surface area contributed by atoms with Gasteiger partial charge in [0.15, 0.2) is 0 Å². The molecule has 126 valence electrons. The monoisotopic (exact) mass is 347 g/mol. The highest BCUT2D eigenvalue weighted by Crippen LogP contribution is 2.21. The molecule has 0 bridgehead atoms. The molecule has 24 heavy (non-hydrogen) atoms. The summed E-state index contributed by atoms with van der Waals surface area (Å²) in [5, 5.41) is 0.363. The van der Waals surface area contributed by atoms with E-state index in [9.17, 15) is 9.18 Å². The maximum absolute atomic E-state index is 13.0. The first-order valence-corrected chi connectivity index (χ1v) is 8.28. The van der Waals surface area contributed by atoms with Gasteiger partial charge in [0.2, 0.25) is 5.91 Å². The van der Waals surface area contributed by atoms with Crippen LogP contribution in [-0.2, 0) is 22.6 Å². The molecular weight excluding hydrogens is 329 g/mol. The summed E-state index contributed by atoms with van der Waals surface area (Å²) >= 11 is 5.97. The summed E-state index contributed by atoms with van der Waals surface area (Å²) in [5.41, 5.74) is 2.96. The Bertz CT molecular complexity index is 727. The summed E-state index contributed by atoms with van der Waals surface area (Å²) in [4.78, 5) is 14.0. The van der Waals surface area contributed by atoms with Crippen molar-refractivity contribution in [3.8, 4) is 0 Å². The highest BCUT2D eigenvalue weighted by Gasteiger charge is 2.31. The van der Waals surface area contributed by atoms with E-state index in [0.717, 1.165) is 11.1 Å². The van der Waals surface area contributed by atoms with Crippen LogP contribution >= 0.6 is 11.6 Å². The molecule has 0 saturated carbocycles. The van der Waals surface area contributed by atoms with Crippen LogP contribution in [0.4, 0.5) is 4.39 Å². The molecule has 2 aromatic rings. The van der Waals surface area contributed by atoms with Gasteiger partial charge in [-0.1, -0.05) is 47.5 Å². The summed E-state index contributed by atoms with van der Waals surface area (Å²) in [6.45, 7) is 3.52. The SMILES string of the molecule is Cc1ccc(CC(=O)N2CC(OCc3ccc(F)cc3Cl)C2)cc1. The van der Waals surface area contributed by atoms with Crippen LogP contribution in [0.15, 0.2) is 42.5 Å². The normalized spacial score (nSPS) is 14.5. The van der Waals surface area contributed by atoms with Gasteiger partial charge in [0.1, 0.15) is 5.82 Å². The van der Waals surface area contributed by atoms with Crippen LogP contribution in [0.25, 0.3) is 0 Å². The second kappa shape index (κ2) is 7.32. The number of benzene rings is 2. The molecule has 1 saturated heterocycles. The third-order valence-electron chi connectivity index (χ3n) is 4.17. The first-order valence-electron chi connectivity index (χ1n) is 7.90. The van der Waals surface area contributed by atoms with E-state index in [1.807, 2.05) is 31.2 Å². The Kier molecular flexibility index (Phi) is 5.17. The number of nitrogens with zero attached hydrogens (tertiary/aromatic N) is 1. The quantitative estimate of drug-likeness (QED) is 0.824. The van der Waals surface area contributed by atoms with Gasteiger partial charge in [0.05, 0.1) is 19.1 Å². The number of carbonyl (C=O) groups is 1. The van der Waals surface area contributed by atoms with Crippen molar-refractivity contribution in [2.24, 2.45) is 0 Å². The lowest BCUT2D eigenvalue weighted by Gasteiger charge is -2.39. The van der Waals surface area contributed by atoms with Crippen molar-refractivity contribution in [2.45, 2.75) is 26.1 Å². The molecule has 1 aliphatic heterocycles. The molecule has 1 fully saturated rings. The van der Waals surface area contributed by atoms with Crippen molar-refractivity contribution in [3.63, 3.8) is 0 Å². The second-order valence-corrected chi connectivity index (χ2v) is 6.54. The topological polar surface area (TPSA) is 29.5 Å². The van der Waals surface area contributed by atoms with Gasteiger partial charge in [0, 0.05) is 18.1 Å². The van der Waals surface area contributed by atoms with Crippen molar-refractivity contribution < 1.29 is 13.9 Å². The van der Waals surface area contributed by atoms with E-state index in [4.69, 9.17) is 16.3 Å². The van der Waals surface area contributed by atoms with Crippen molar-refractivity contribution in [2.75, 3.05) is 13.1 Å². The van der Waals surface area contributed by atoms with E-state index in [2.05, 4.69) is 0 Å². The third-order valence-corrected chi connectivity index (χ3v) is 4.52. The molecule has 0 atom stereocenters. The summed E-state index contributed by atoms with van der Waals surface area (Å²) in [6, 6.07) is 12.3. The summed E-state index contributed by atoms with van der Waals surface area (Å²) in [5.74, 6) is -0.251. The highest BCUT2D eigenvalue weighted by atomic mass is 35.5. The summed E-state index contributed by atoms with van der Waals surface area (Å²) in [7, 11) is 0. The molecule has 5 heteroatoms. The molecule has 0 unspecified atom stereocenters. The predicted molar refractivity (Wildman–Crippen MR) is 91.5 cm³/mol. The lowest BCUT2D eigenvalue weighted by atomic mass is 10.1. The molecule has 1 aliphatic rings. The minimum absolute atomic E-state index is 0.00749. The fraction of sp³-hybridized carbons (Fsp3) is 0.316. The van der Waals surface area contributed by atoms with Gasteiger partial charge in [-0.05, 0) is 30.2 Å². The van der Waals surface area contributed by atoms with Gasteiger partial charge in [-0.2, -0.15) is 0 Å². The Hall–Kier alpha value is -1.91. The number of hydrogen-bond donors (Lipinski definition) is 0. The minimum atomic E-state index is -0.361. The Balaban J connectivity index is 1.43. The average Bonchev–Trinajstić information content (AvgIpc) is 2.50. The van der Waals surface area contributed by atoms with Gasteiger partial charge in [-0.3, -0.25) is 4.79 Å². The fourth-order valence-electron chi connectivity index (χ4n) is 2.59. The first kappa shape index (κ1) is 16.9. The van der Waals surface area contributed by atoms with Crippen molar-refractivity contribution in [3.05, 3.63) is 70.0 Å². The molecule has 1 amide bonds. The van der Waals surface area contributed by atoms with Gasteiger partial charge in [0.25, 0.3) is 0 Å². The molecule has 0 aromatic heterocycles. The van der Waals surface area contributed by atoms with E-state index < -0.39 is 0 Å². The van der Waals surface area contributed by atoms with E-state index in [1.54, 1.807) is 11.0 Å². The van der Waals surface area contributed by atoms with Gasteiger partial charge in [-0.25, -0.2) is 4.39 Å². The minimum Gasteiger partial charge on any atom is -0.370 e. The van der Waals surface area contributed by atoms with Crippen LogP contribution in [0, 0.1) is 12.7 Å². The molecule has 0 N–H and O–H groups in total. The largest absolute Gasteiger partial charge is 0.370 e. The van der Waals surface area contributed by atoms with E-state index in [-0.39, 0.29) is 17.8 Å². The molecule has 0 spiro atoms. The standard InChI is InChI=1S/C19H19ClFNO2/c1-13-2-4-14(5-3-13)8-19(23)22-10-17(11-22)24-12-15-6-7-16(21)9-18(15)20/h2-7,9,17H,8,10-12H2,1H3. The Morgan fingerprint density at radius 1 is 1.25 bits per heavy atom. The Labute approximate surface area is 146 Å². The molecule has 0 radical (unpaired) electrons. The smallest absolute Gasteiger partial charge is 0.227 e. The lowest BCUT2D eigenvalue weighted by molar-refractivity contribution is -0.145. The maximum atomic E-state index is 13.0. The average molecular weight is 348 g/mol. The zero-order valence-corrected chi connectivity index (χ0v) is 14.2. The van der Waals surface area contributed by atoms with Crippen molar-refractivity contribution >= 4 is 17.5 Å². The zero-order valence-electron chi connectivity index (χ0n) is 13.5. The number of ether oxygens (including phenoxy) is 1. The van der Waals surface area contributed by atoms with Crippen molar-refractivity contribution in [1.82, 2.24) is 4.90 Å². The molecule has 0 aliphatic carbocycles. The summed E-state index contributed by atoms with van der Waals surface area (Å²) in [6.07, 6.45) is 0.421. The van der Waals surface area contributed by atoms with Crippen molar-refractivity contribution in [1.29, 1.82) is 0 Å². The Morgan fingerprint density at radius 2 is 1.96 bits per heavy atom. The van der Waals surface area contributed by atoms with Gasteiger partial charge in [-0.15, -0.1) is 0 Å². The number of amides is 1. The number of rotatable bonds is 5. The molecule has 1 heterocycles. The van der Waals surface area contributed by atoms with Crippen LogP contribution in [0.1, 0.15) is 16.7 Å². The molecule has 2 aromatic carbocycles. The fourth-order valence-corrected chi connectivity index (χ4v) is 2.81. The second-order valence-electron chi connectivity index (χ2n) is 6.13. The number of hydrogen-bond acceptors (Lipinski definition) is 2. The molecular formula is C19H19ClFNO2. The number of likely N-dealkylation sites (tertiary alicyclic amines) is 1. The number of aryl methyl sites for hydroxylation is 1. The maximum Gasteiger partial charge on any atom is 0.227 e. The predicted octanol–water partition coefficient (Wildman–Crippen LogP) is 3.76. The van der Waals surface area contributed by atoms with E-state index in [1.165, 1.54) is 17.7 Å². The van der Waals surface area contributed by atoms with Crippen LogP contribution < -0.4 is 0 Å². The van der Waals surface area contributed by atoms with Gasteiger partial charge < -0.3 is 9.64 Å². The third kappa shape index (κ3) is 4.13. The van der Waals surface area contributed by atoms with Gasteiger partial charge >= 0.3 is 0 Å². The summed E-state index contributed by atoms with van der Waals surface area (Å²) < 4.78 is 18.7. The molecule has 3 nitrogen and oxygen atoms in total. The number of carbonyl (C=O) groups excluding carboxylic acids is 1. The van der Waals surface area contributed by atoms with Crippen LogP contribution in [0.5, 0.6) is 0 Å². The van der Waals surface area contributed by atoms with E-state index >= 15 is 0 Å². The Morgan fingerprint density at radius 3 is 2.62 bits per heavy atom. The van der Waals surface area contributed by atoms with Crippen LogP contribution in [0.2, 0.25) is 5.02 Å². The highest BCUT2D eigenvalue weighted by molar-refractivity contribution is 6.31. The van der Waals surface area contributed by atoms with Crippen LogP contribution in [0.3, 0.4) is 0 Å². The first-order chi connectivity index (χ1) is 11.5. The molecule has 3 rings (SSSR count). The number of halogens is 2. The van der Waals surface area contributed by atoms with Crippen LogP contribution in [-0.4, -0.2) is 30.0 Å². The zero-order chi connectivity index (χ0) is 17.1.